The Kier molecular flexibility index (Phi) is 5.20. The van der Waals surface area contributed by atoms with Crippen LogP contribution < -0.4 is 0 Å². The van der Waals surface area contributed by atoms with Gasteiger partial charge >= 0.3 is 0 Å². The van der Waals surface area contributed by atoms with Crippen LogP contribution in [-0.2, 0) is 6.54 Å². The Morgan fingerprint density at radius 2 is 1.66 bits per heavy atom. The van der Waals surface area contributed by atoms with Gasteiger partial charge in [0, 0.05) is 30.1 Å². The molecule has 0 aliphatic carbocycles. The highest BCUT2D eigenvalue weighted by molar-refractivity contribution is 6.07. The van der Waals surface area contributed by atoms with Gasteiger partial charge in [0.05, 0.1) is 22.6 Å². The van der Waals surface area contributed by atoms with E-state index in [-0.39, 0.29) is 5.78 Å². The average molecular weight is 382 g/mol. The van der Waals surface area contributed by atoms with Gasteiger partial charge in [0.25, 0.3) is 0 Å². The van der Waals surface area contributed by atoms with E-state index in [0.717, 1.165) is 34.7 Å². The van der Waals surface area contributed by atoms with E-state index in [1.807, 2.05) is 91.5 Å². The van der Waals surface area contributed by atoms with Crippen molar-refractivity contribution in [3.05, 3.63) is 96.0 Å². The first kappa shape index (κ1) is 18.6. The predicted octanol–water partition coefficient (Wildman–Crippen LogP) is 4.96. The van der Waals surface area contributed by atoms with Crippen molar-refractivity contribution in [2.45, 2.75) is 20.4 Å². The van der Waals surface area contributed by atoms with Crippen molar-refractivity contribution in [2.75, 3.05) is 0 Å². The molecule has 0 aliphatic heterocycles. The Morgan fingerprint density at radius 1 is 0.966 bits per heavy atom. The molecule has 0 aliphatic rings. The number of benzene rings is 2. The minimum atomic E-state index is -0.0614. The lowest BCUT2D eigenvalue weighted by molar-refractivity contribution is 0.104. The summed E-state index contributed by atoms with van der Waals surface area (Å²) in [5, 5.41) is 9.13. The van der Waals surface area contributed by atoms with Gasteiger partial charge in [-0.05, 0) is 38.1 Å². The van der Waals surface area contributed by atoms with Crippen molar-refractivity contribution in [3.8, 4) is 16.9 Å². The maximum atomic E-state index is 12.7. The van der Waals surface area contributed by atoms with Crippen LogP contribution in [0.2, 0.25) is 0 Å². The Morgan fingerprint density at radius 3 is 2.31 bits per heavy atom. The number of carbonyl (C=O) groups is 1. The fourth-order valence-electron chi connectivity index (χ4n) is 3.22. The second-order valence-electron chi connectivity index (χ2n) is 6.76. The lowest BCUT2D eigenvalue weighted by Gasteiger charge is -2.00. The monoisotopic (exact) mass is 382 g/mol. The highest BCUT2D eigenvalue weighted by Gasteiger charge is 2.13. The fraction of sp³-hybridized carbons (Fsp3) is 0.125. The van der Waals surface area contributed by atoms with Gasteiger partial charge in [-0.25, -0.2) is 4.68 Å². The van der Waals surface area contributed by atoms with E-state index in [2.05, 4.69) is 5.10 Å². The highest BCUT2D eigenvalue weighted by Crippen LogP contribution is 2.25. The third-order valence-corrected chi connectivity index (χ3v) is 4.76. The van der Waals surface area contributed by atoms with Gasteiger partial charge in [-0.15, -0.1) is 0 Å². The molecule has 5 nitrogen and oxygen atoms in total. The zero-order chi connectivity index (χ0) is 20.2. The first-order valence-corrected chi connectivity index (χ1v) is 9.62. The molecule has 0 fully saturated rings. The number of aryl methyl sites for hydroxylation is 2. The summed E-state index contributed by atoms with van der Waals surface area (Å²) in [6.07, 6.45) is 7.18. The largest absolute Gasteiger partial charge is 0.289 e. The maximum absolute atomic E-state index is 12.7. The maximum Gasteiger partial charge on any atom is 0.189 e. The second-order valence-corrected chi connectivity index (χ2v) is 6.76. The standard InChI is InChI=1S/C24H22N4O/c1-3-27-17-22(18(2)25-27)23(29)15-14-20-16-28(21-12-8-5-9-13-21)26-24(20)19-10-6-4-7-11-19/h4-17H,3H2,1-2H3/b15-14+. The minimum absolute atomic E-state index is 0.0614. The molecule has 0 saturated carbocycles. The van der Waals surface area contributed by atoms with Gasteiger partial charge in [0.1, 0.15) is 0 Å². The molecule has 2 aromatic carbocycles. The van der Waals surface area contributed by atoms with Crippen LogP contribution in [0.15, 0.2) is 79.1 Å². The van der Waals surface area contributed by atoms with Crippen LogP contribution in [0.25, 0.3) is 23.0 Å². The molecule has 2 aromatic heterocycles. The summed E-state index contributed by atoms with van der Waals surface area (Å²) < 4.78 is 3.62. The second kappa shape index (κ2) is 8.10. The molecule has 4 rings (SSSR count). The number of carbonyl (C=O) groups excluding carboxylic acids is 1. The fourth-order valence-corrected chi connectivity index (χ4v) is 3.22. The minimum Gasteiger partial charge on any atom is -0.289 e. The number of ketones is 1. The molecular weight excluding hydrogens is 360 g/mol. The predicted molar refractivity (Wildman–Crippen MR) is 115 cm³/mol. The van der Waals surface area contributed by atoms with Crippen molar-refractivity contribution >= 4 is 11.9 Å². The number of rotatable bonds is 6. The van der Waals surface area contributed by atoms with Crippen LogP contribution >= 0.6 is 0 Å². The van der Waals surface area contributed by atoms with E-state index in [1.54, 1.807) is 17.0 Å². The Balaban J connectivity index is 1.72. The third kappa shape index (κ3) is 3.94. The summed E-state index contributed by atoms with van der Waals surface area (Å²) in [4.78, 5) is 12.7. The highest BCUT2D eigenvalue weighted by atomic mass is 16.1. The van der Waals surface area contributed by atoms with E-state index >= 15 is 0 Å². The zero-order valence-electron chi connectivity index (χ0n) is 16.5. The summed E-state index contributed by atoms with van der Waals surface area (Å²) in [5.74, 6) is -0.0614. The lowest BCUT2D eigenvalue weighted by atomic mass is 10.1. The molecule has 5 heteroatoms. The quantitative estimate of drug-likeness (QED) is 0.350. The van der Waals surface area contributed by atoms with Crippen LogP contribution in [0, 0.1) is 6.92 Å². The molecule has 0 bridgehead atoms. The summed E-state index contributed by atoms with van der Waals surface area (Å²) in [7, 11) is 0. The molecule has 0 amide bonds. The molecule has 0 saturated heterocycles. The molecule has 0 N–H and O–H groups in total. The molecule has 29 heavy (non-hydrogen) atoms. The van der Waals surface area contributed by atoms with Gasteiger partial charge in [0.2, 0.25) is 0 Å². The Bertz CT molecular complexity index is 1150. The number of allylic oxidation sites excluding steroid dienone is 1. The number of hydrogen-bond donors (Lipinski definition) is 0. The van der Waals surface area contributed by atoms with Crippen molar-refractivity contribution in [2.24, 2.45) is 0 Å². The number of nitrogens with zero attached hydrogens (tertiary/aromatic N) is 4. The molecule has 4 aromatic rings. The molecule has 0 radical (unpaired) electrons. The smallest absolute Gasteiger partial charge is 0.189 e. The van der Waals surface area contributed by atoms with Crippen LogP contribution in [0.4, 0.5) is 0 Å². The summed E-state index contributed by atoms with van der Waals surface area (Å²) in [6, 6.07) is 19.9. The Labute approximate surface area is 169 Å². The van der Waals surface area contributed by atoms with Gasteiger partial charge < -0.3 is 0 Å². The lowest BCUT2D eigenvalue weighted by Crippen LogP contribution is -1.95. The molecule has 2 heterocycles. The zero-order valence-corrected chi connectivity index (χ0v) is 16.5. The van der Waals surface area contributed by atoms with Crippen LogP contribution in [0.1, 0.15) is 28.5 Å². The SMILES string of the molecule is CCn1cc(C(=O)/C=C/c2cn(-c3ccccc3)nc2-c2ccccc2)c(C)n1. The number of hydrogen-bond acceptors (Lipinski definition) is 3. The first-order valence-electron chi connectivity index (χ1n) is 9.62. The van der Waals surface area contributed by atoms with E-state index in [1.165, 1.54) is 0 Å². The molecule has 0 unspecified atom stereocenters. The van der Waals surface area contributed by atoms with E-state index in [4.69, 9.17) is 5.10 Å². The van der Waals surface area contributed by atoms with Crippen LogP contribution in [0.3, 0.4) is 0 Å². The van der Waals surface area contributed by atoms with Crippen molar-refractivity contribution in [1.29, 1.82) is 0 Å². The first-order chi connectivity index (χ1) is 14.2. The topological polar surface area (TPSA) is 52.7 Å². The number of para-hydroxylation sites is 1. The van der Waals surface area contributed by atoms with Gasteiger partial charge in [-0.3, -0.25) is 9.48 Å². The van der Waals surface area contributed by atoms with Gasteiger partial charge in [0.15, 0.2) is 5.78 Å². The molecular formula is C24H22N4O. The van der Waals surface area contributed by atoms with E-state index in [9.17, 15) is 4.79 Å². The van der Waals surface area contributed by atoms with E-state index < -0.39 is 0 Å². The average Bonchev–Trinajstić information content (AvgIpc) is 3.37. The molecule has 0 atom stereocenters. The summed E-state index contributed by atoms with van der Waals surface area (Å²) >= 11 is 0. The summed E-state index contributed by atoms with van der Waals surface area (Å²) in [5.41, 5.74) is 5.05. The number of aromatic nitrogens is 4. The third-order valence-electron chi connectivity index (χ3n) is 4.76. The molecule has 0 spiro atoms. The van der Waals surface area contributed by atoms with Crippen molar-refractivity contribution in [1.82, 2.24) is 19.6 Å². The van der Waals surface area contributed by atoms with Crippen molar-refractivity contribution < 1.29 is 4.79 Å². The summed E-state index contributed by atoms with van der Waals surface area (Å²) in [6.45, 7) is 4.59. The van der Waals surface area contributed by atoms with Crippen molar-refractivity contribution in [3.63, 3.8) is 0 Å². The van der Waals surface area contributed by atoms with Crippen LogP contribution in [0.5, 0.6) is 0 Å². The molecule has 144 valence electrons. The van der Waals surface area contributed by atoms with Gasteiger partial charge in [-0.1, -0.05) is 48.5 Å². The van der Waals surface area contributed by atoms with Crippen LogP contribution in [-0.4, -0.2) is 25.3 Å². The normalized spacial score (nSPS) is 11.2. The Hall–Kier alpha value is -3.73. The van der Waals surface area contributed by atoms with E-state index in [0.29, 0.717) is 5.56 Å². The van der Waals surface area contributed by atoms with Gasteiger partial charge in [-0.2, -0.15) is 10.2 Å².